The Morgan fingerprint density at radius 3 is 2.92 bits per heavy atom. The minimum atomic E-state index is 0.0362. The Kier molecular flexibility index (Phi) is 4.09. The number of ether oxygens (including phenoxy) is 2. The molecule has 6 heteroatoms. The molecule has 1 aromatic carbocycles. The number of pyridine rings is 1. The summed E-state index contributed by atoms with van der Waals surface area (Å²) in [5.74, 6) is 0.802. The highest BCUT2D eigenvalue weighted by Gasteiger charge is 2.40. The molecule has 2 saturated heterocycles. The number of hydrogen-bond donors (Lipinski definition) is 0. The van der Waals surface area contributed by atoms with E-state index in [0.29, 0.717) is 18.7 Å². The van der Waals surface area contributed by atoms with E-state index in [9.17, 15) is 4.79 Å². The smallest absolute Gasteiger partial charge is 0.255 e. The Bertz CT molecular complexity index is 823. The molecule has 3 heterocycles. The van der Waals surface area contributed by atoms with Gasteiger partial charge in [-0.2, -0.15) is 0 Å². The summed E-state index contributed by atoms with van der Waals surface area (Å²) < 4.78 is 11.1. The molecular formula is C19H23N3O3. The second-order valence-corrected chi connectivity index (χ2v) is 6.85. The van der Waals surface area contributed by atoms with E-state index in [2.05, 4.69) is 16.9 Å². The first kappa shape index (κ1) is 16.3. The Labute approximate surface area is 147 Å². The Morgan fingerprint density at radius 1 is 1.32 bits per heavy atom. The van der Waals surface area contributed by atoms with Gasteiger partial charge in [0.15, 0.2) is 0 Å². The highest BCUT2D eigenvalue weighted by atomic mass is 16.5. The lowest BCUT2D eigenvalue weighted by molar-refractivity contribution is -0.0368. The van der Waals surface area contributed by atoms with E-state index in [1.54, 1.807) is 7.11 Å². The fourth-order valence-corrected chi connectivity index (χ4v) is 3.78. The van der Waals surface area contributed by atoms with Crippen molar-refractivity contribution in [3.8, 4) is 5.75 Å². The number of carbonyl (C=O) groups excluding carboxylic acids is 1. The zero-order valence-electron chi connectivity index (χ0n) is 14.9. The van der Waals surface area contributed by atoms with Gasteiger partial charge in [-0.05, 0) is 32.2 Å². The fraction of sp³-hybridized carbons (Fsp3) is 0.474. The first-order valence-corrected chi connectivity index (χ1v) is 8.63. The van der Waals surface area contributed by atoms with Crippen molar-refractivity contribution in [3.63, 3.8) is 0 Å². The van der Waals surface area contributed by atoms with Crippen molar-refractivity contribution < 1.29 is 14.3 Å². The van der Waals surface area contributed by atoms with Crippen molar-refractivity contribution >= 4 is 16.8 Å². The summed E-state index contributed by atoms with van der Waals surface area (Å²) >= 11 is 0. The lowest BCUT2D eigenvalue weighted by Crippen LogP contribution is -2.48. The van der Waals surface area contributed by atoms with Gasteiger partial charge in [-0.1, -0.05) is 0 Å². The van der Waals surface area contributed by atoms with Gasteiger partial charge >= 0.3 is 0 Å². The molecule has 0 aliphatic carbocycles. The molecule has 4 rings (SSSR count). The van der Waals surface area contributed by atoms with Crippen molar-refractivity contribution in [1.29, 1.82) is 0 Å². The first-order chi connectivity index (χ1) is 12.1. The van der Waals surface area contributed by atoms with Gasteiger partial charge in [0, 0.05) is 31.1 Å². The van der Waals surface area contributed by atoms with E-state index in [1.807, 2.05) is 36.1 Å². The molecule has 0 unspecified atom stereocenters. The number of fused-ring (bicyclic) bond motifs is 2. The van der Waals surface area contributed by atoms with E-state index >= 15 is 0 Å². The average molecular weight is 341 g/mol. The molecule has 0 bridgehead atoms. The van der Waals surface area contributed by atoms with E-state index in [0.717, 1.165) is 35.5 Å². The second kappa shape index (κ2) is 6.28. The van der Waals surface area contributed by atoms with Gasteiger partial charge in [0.25, 0.3) is 5.91 Å². The summed E-state index contributed by atoms with van der Waals surface area (Å²) in [6.45, 7) is 4.89. The molecule has 25 heavy (non-hydrogen) atoms. The number of amides is 1. The van der Waals surface area contributed by atoms with Crippen molar-refractivity contribution in [1.82, 2.24) is 14.8 Å². The lowest BCUT2D eigenvalue weighted by Gasteiger charge is -2.33. The van der Waals surface area contributed by atoms with E-state index in [1.165, 1.54) is 0 Å². The summed E-state index contributed by atoms with van der Waals surface area (Å²) in [5.41, 5.74) is 2.25. The molecule has 2 aliphatic heterocycles. The molecule has 1 aromatic heterocycles. The van der Waals surface area contributed by atoms with Crippen LogP contribution in [0, 0.1) is 6.92 Å². The van der Waals surface area contributed by atoms with Crippen LogP contribution in [0.3, 0.4) is 0 Å². The number of aromatic nitrogens is 1. The normalized spacial score (nSPS) is 23.7. The van der Waals surface area contributed by atoms with Crippen molar-refractivity contribution in [2.45, 2.75) is 19.1 Å². The van der Waals surface area contributed by atoms with E-state index in [4.69, 9.17) is 9.47 Å². The topological polar surface area (TPSA) is 54.9 Å². The summed E-state index contributed by atoms with van der Waals surface area (Å²) in [7, 11) is 3.74. The minimum absolute atomic E-state index is 0.0362. The largest absolute Gasteiger partial charge is 0.497 e. The van der Waals surface area contributed by atoms with Crippen LogP contribution in [0.25, 0.3) is 10.9 Å². The SMILES string of the molecule is COc1ccc2cc(C(=O)N3C[C@H]4OCCN(C)[C@H]4C3)c(C)nc2c1. The summed E-state index contributed by atoms with van der Waals surface area (Å²) in [6, 6.07) is 7.95. The number of morpholine rings is 1. The highest BCUT2D eigenvalue weighted by Crippen LogP contribution is 2.26. The average Bonchev–Trinajstić information content (AvgIpc) is 3.05. The Balaban J connectivity index is 1.63. The van der Waals surface area contributed by atoms with Crippen molar-refractivity contribution in [2.24, 2.45) is 0 Å². The Hall–Kier alpha value is -2.18. The number of carbonyl (C=O) groups is 1. The number of rotatable bonds is 2. The van der Waals surface area contributed by atoms with Crippen LogP contribution in [-0.2, 0) is 4.74 Å². The molecule has 2 aromatic rings. The van der Waals surface area contributed by atoms with Crippen LogP contribution in [0.2, 0.25) is 0 Å². The number of likely N-dealkylation sites (N-methyl/N-ethyl adjacent to an activating group) is 1. The molecule has 0 radical (unpaired) electrons. The van der Waals surface area contributed by atoms with Gasteiger partial charge < -0.3 is 14.4 Å². The van der Waals surface area contributed by atoms with Gasteiger partial charge in [-0.25, -0.2) is 0 Å². The molecular weight excluding hydrogens is 318 g/mol. The van der Waals surface area contributed by atoms with Crippen LogP contribution >= 0.6 is 0 Å². The standard InChI is InChI=1S/C19H23N3O3/c1-12-15(8-13-4-5-14(24-3)9-16(13)20-12)19(23)22-10-17-18(11-22)25-7-6-21(17)2/h4-5,8-9,17-18H,6-7,10-11H2,1-3H3/t17-,18+/m0/s1. The fourth-order valence-electron chi connectivity index (χ4n) is 3.78. The van der Waals surface area contributed by atoms with Gasteiger partial charge in [-0.15, -0.1) is 0 Å². The molecule has 2 atom stereocenters. The van der Waals surface area contributed by atoms with Crippen molar-refractivity contribution in [3.05, 3.63) is 35.5 Å². The van der Waals surface area contributed by atoms with Gasteiger partial charge in [0.05, 0.1) is 42.6 Å². The number of methoxy groups -OCH3 is 1. The summed E-state index contributed by atoms with van der Waals surface area (Å²) in [5, 5.41) is 0.944. The van der Waals surface area contributed by atoms with Crippen LogP contribution in [-0.4, -0.2) is 73.2 Å². The molecule has 6 nitrogen and oxygen atoms in total. The monoisotopic (exact) mass is 341 g/mol. The van der Waals surface area contributed by atoms with Gasteiger partial charge in [0.2, 0.25) is 0 Å². The van der Waals surface area contributed by atoms with Crippen LogP contribution in [0.4, 0.5) is 0 Å². The van der Waals surface area contributed by atoms with E-state index in [-0.39, 0.29) is 18.1 Å². The third-order valence-corrected chi connectivity index (χ3v) is 5.31. The number of likely N-dealkylation sites (tertiary alicyclic amines) is 1. The third kappa shape index (κ3) is 2.85. The highest BCUT2D eigenvalue weighted by molar-refractivity contribution is 5.99. The number of nitrogens with zero attached hydrogens (tertiary/aromatic N) is 3. The third-order valence-electron chi connectivity index (χ3n) is 5.31. The van der Waals surface area contributed by atoms with Crippen LogP contribution < -0.4 is 4.74 Å². The van der Waals surface area contributed by atoms with Gasteiger partial charge in [-0.3, -0.25) is 14.7 Å². The zero-order chi connectivity index (χ0) is 17.6. The van der Waals surface area contributed by atoms with E-state index < -0.39 is 0 Å². The minimum Gasteiger partial charge on any atom is -0.497 e. The maximum atomic E-state index is 13.1. The maximum absolute atomic E-state index is 13.1. The van der Waals surface area contributed by atoms with Crippen LogP contribution in [0.15, 0.2) is 24.3 Å². The molecule has 0 N–H and O–H groups in total. The summed E-state index contributed by atoms with van der Waals surface area (Å²) in [4.78, 5) is 21.9. The lowest BCUT2D eigenvalue weighted by atomic mass is 10.1. The van der Waals surface area contributed by atoms with Crippen LogP contribution in [0.1, 0.15) is 16.1 Å². The zero-order valence-corrected chi connectivity index (χ0v) is 14.9. The number of benzene rings is 1. The van der Waals surface area contributed by atoms with Crippen LogP contribution in [0.5, 0.6) is 5.75 Å². The molecule has 0 spiro atoms. The number of aryl methyl sites for hydroxylation is 1. The summed E-state index contributed by atoms with van der Waals surface area (Å²) in [6.07, 6.45) is 0.112. The molecule has 132 valence electrons. The predicted molar refractivity (Wildman–Crippen MR) is 95.1 cm³/mol. The quantitative estimate of drug-likeness (QED) is 0.832. The van der Waals surface area contributed by atoms with Crippen molar-refractivity contribution in [2.75, 3.05) is 40.4 Å². The second-order valence-electron chi connectivity index (χ2n) is 6.85. The molecule has 0 saturated carbocycles. The van der Waals surface area contributed by atoms with Gasteiger partial charge in [0.1, 0.15) is 5.75 Å². The molecule has 1 amide bonds. The molecule has 2 aliphatic rings. The molecule has 2 fully saturated rings. The Morgan fingerprint density at radius 2 is 2.16 bits per heavy atom. The number of hydrogen-bond acceptors (Lipinski definition) is 5. The first-order valence-electron chi connectivity index (χ1n) is 8.63. The maximum Gasteiger partial charge on any atom is 0.255 e. The predicted octanol–water partition coefficient (Wildman–Crippen LogP) is 1.71.